The van der Waals surface area contributed by atoms with Crippen LogP contribution in [-0.2, 0) is 6.42 Å². The predicted molar refractivity (Wildman–Crippen MR) is 52.3 cm³/mol. The molecule has 0 saturated carbocycles. The van der Waals surface area contributed by atoms with Crippen LogP contribution in [0.3, 0.4) is 0 Å². The number of H-pyrrole nitrogens is 1. The van der Waals surface area contributed by atoms with Crippen molar-refractivity contribution in [3.8, 4) is 12.1 Å². The van der Waals surface area contributed by atoms with Gasteiger partial charge in [-0.3, -0.25) is 0 Å². The zero-order valence-electron chi connectivity index (χ0n) is 7.41. The molecule has 0 radical (unpaired) electrons. The molecule has 0 atom stereocenters. The van der Waals surface area contributed by atoms with E-state index in [1.54, 1.807) is 12.1 Å². The number of benzene rings is 1. The number of nitriles is 2. The Bertz CT molecular complexity index is 552. The summed E-state index contributed by atoms with van der Waals surface area (Å²) in [5, 5.41) is 18.3. The normalized spacial score (nSPS) is 9.57. The second-order valence-electron chi connectivity index (χ2n) is 3.02. The first-order chi connectivity index (χ1) is 6.85. The Morgan fingerprint density at radius 1 is 1.29 bits per heavy atom. The van der Waals surface area contributed by atoms with Crippen molar-refractivity contribution in [3.05, 3.63) is 35.5 Å². The van der Waals surface area contributed by atoms with Crippen LogP contribution in [0, 0.1) is 22.7 Å². The summed E-state index contributed by atoms with van der Waals surface area (Å²) in [6, 6.07) is 9.60. The van der Waals surface area contributed by atoms with Crippen molar-refractivity contribution in [1.82, 2.24) is 4.98 Å². The summed E-state index contributed by atoms with van der Waals surface area (Å²) in [6.45, 7) is 0. The highest BCUT2D eigenvalue weighted by molar-refractivity contribution is 5.84. The molecule has 0 aliphatic carbocycles. The number of hydrogen-bond donors (Lipinski definition) is 1. The maximum atomic E-state index is 8.73. The molecule has 1 N–H and O–H groups in total. The molecule has 1 aromatic carbocycles. The van der Waals surface area contributed by atoms with Crippen LogP contribution in [0.1, 0.15) is 11.1 Å². The zero-order valence-corrected chi connectivity index (χ0v) is 7.41. The van der Waals surface area contributed by atoms with Crippen LogP contribution in [0.15, 0.2) is 24.4 Å². The summed E-state index contributed by atoms with van der Waals surface area (Å²) >= 11 is 0. The average molecular weight is 181 g/mol. The summed E-state index contributed by atoms with van der Waals surface area (Å²) in [5.41, 5.74) is 2.53. The third kappa shape index (κ3) is 1.22. The summed E-state index contributed by atoms with van der Waals surface area (Å²) in [4.78, 5) is 3.06. The fourth-order valence-electron chi connectivity index (χ4n) is 1.48. The molecule has 66 valence electrons. The van der Waals surface area contributed by atoms with Crippen LogP contribution in [-0.4, -0.2) is 4.98 Å². The molecule has 3 nitrogen and oxygen atoms in total. The van der Waals surface area contributed by atoms with Crippen LogP contribution in [0.5, 0.6) is 0 Å². The second-order valence-corrected chi connectivity index (χ2v) is 3.02. The molecule has 1 aromatic heterocycles. The van der Waals surface area contributed by atoms with Gasteiger partial charge in [-0.2, -0.15) is 10.5 Å². The van der Waals surface area contributed by atoms with Gasteiger partial charge >= 0.3 is 0 Å². The van der Waals surface area contributed by atoms with Crippen molar-refractivity contribution < 1.29 is 0 Å². The largest absolute Gasteiger partial charge is 0.361 e. The Morgan fingerprint density at radius 3 is 2.86 bits per heavy atom. The van der Waals surface area contributed by atoms with E-state index in [9.17, 15) is 0 Å². The van der Waals surface area contributed by atoms with E-state index in [4.69, 9.17) is 10.5 Å². The lowest BCUT2D eigenvalue weighted by atomic mass is 10.1. The number of fused-ring (bicyclic) bond motifs is 1. The predicted octanol–water partition coefficient (Wildman–Crippen LogP) is 2.11. The van der Waals surface area contributed by atoms with Crippen LogP contribution in [0.2, 0.25) is 0 Å². The number of nitrogens with one attached hydrogen (secondary N) is 1. The maximum Gasteiger partial charge on any atom is 0.0991 e. The van der Waals surface area contributed by atoms with Gasteiger partial charge in [0.25, 0.3) is 0 Å². The summed E-state index contributed by atoms with van der Waals surface area (Å²) in [7, 11) is 0. The average Bonchev–Trinajstić information content (AvgIpc) is 2.61. The van der Waals surface area contributed by atoms with Crippen molar-refractivity contribution in [2.24, 2.45) is 0 Å². The third-order valence-electron chi connectivity index (χ3n) is 2.17. The minimum absolute atomic E-state index is 0.370. The second kappa shape index (κ2) is 3.24. The molecule has 0 fully saturated rings. The molecule has 2 rings (SSSR count). The van der Waals surface area contributed by atoms with Crippen LogP contribution in [0.4, 0.5) is 0 Å². The SMILES string of the molecule is N#CCc1c[nH]c2ccc(C#N)cc12. The Kier molecular flexibility index (Phi) is 1.93. The van der Waals surface area contributed by atoms with E-state index in [0.29, 0.717) is 12.0 Å². The van der Waals surface area contributed by atoms with Crippen LogP contribution in [0.25, 0.3) is 10.9 Å². The van der Waals surface area contributed by atoms with Gasteiger partial charge in [0.15, 0.2) is 0 Å². The first kappa shape index (κ1) is 8.34. The van der Waals surface area contributed by atoms with Gasteiger partial charge in [-0.25, -0.2) is 0 Å². The van der Waals surface area contributed by atoms with Gasteiger partial charge in [0.2, 0.25) is 0 Å². The number of aromatic nitrogens is 1. The molecule has 0 amide bonds. The molecular formula is C11H7N3. The Balaban J connectivity index is 2.66. The van der Waals surface area contributed by atoms with E-state index in [0.717, 1.165) is 16.5 Å². The highest BCUT2D eigenvalue weighted by Crippen LogP contribution is 2.19. The molecule has 1 heterocycles. The van der Waals surface area contributed by atoms with Crippen molar-refractivity contribution in [3.63, 3.8) is 0 Å². The van der Waals surface area contributed by atoms with Crippen LogP contribution < -0.4 is 0 Å². The third-order valence-corrected chi connectivity index (χ3v) is 2.17. The minimum atomic E-state index is 0.370. The summed E-state index contributed by atoms with van der Waals surface area (Å²) in [5.74, 6) is 0. The lowest BCUT2D eigenvalue weighted by molar-refractivity contribution is 1.28. The van der Waals surface area contributed by atoms with Crippen LogP contribution >= 0.6 is 0 Å². The Labute approximate surface area is 81.2 Å². The molecule has 0 bridgehead atoms. The quantitative estimate of drug-likeness (QED) is 0.732. The fraction of sp³-hybridized carbons (Fsp3) is 0.0909. The van der Waals surface area contributed by atoms with Gasteiger partial charge in [0, 0.05) is 17.1 Å². The molecule has 0 aliphatic heterocycles. The van der Waals surface area contributed by atoms with Gasteiger partial charge in [-0.15, -0.1) is 0 Å². The fourth-order valence-corrected chi connectivity index (χ4v) is 1.48. The molecule has 14 heavy (non-hydrogen) atoms. The molecule has 2 aromatic rings. The molecule has 3 heteroatoms. The first-order valence-corrected chi connectivity index (χ1v) is 4.22. The smallest absolute Gasteiger partial charge is 0.0991 e. The Hall–Kier alpha value is -2.26. The number of rotatable bonds is 1. The monoisotopic (exact) mass is 181 g/mol. The molecule has 0 aliphatic rings. The molecule has 0 spiro atoms. The minimum Gasteiger partial charge on any atom is -0.361 e. The molecule has 0 saturated heterocycles. The highest BCUT2D eigenvalue weighted by Gasteiger charge is 2.03. The van der Waals surface area contributed by atoms with Gasteiger partial charge < -0.3 is 4.98 Å². The zero-order chi connectivity index (χ0) is 9.97. The van der Waals surface area contributed by atoms with Gasteiger partial charge in [0.05, 0.1) is 24.1 Å². The van der Waals surface area contributed by atoms with Crippen molar-refractivity contribution >= 4 is 10.9 Å². The molecule has 0 unspecified atom stereocenters. The van der Waals surface area contributed by atoms with Crippen molar-refractivity contribution in [2.75, 3.05) is 0 Å². The standard InChI is InChI=1S/C11H7N3/c12-4-3-9-7-14-11-2-1-8(6-13)5-10(9)11/h1-2,5,7,14H,3H2. The van der Waals surface area contributed by atoms with E-state index >= 15 is 0 Å². The molecular weight excluding hydrogens is 174 g/mol. The van der Waals surface area contributed by atoms with Gasteiger partial charge in [-0.1, -0.05) is 0 Å². The maximum absolute atomic E-state index is 8.73. The number of nitrogens with zero attached hydrogens (tertiary/aromatic N) is 2. The summed E-state index contributed by atoms with van der Waals surface area (Å²) in [6.07, 6.45) is 2.18. The van der Waals surface area contributed by atoms with Gasteiger partial charge in [0.1, 0.15) is 0 Å². The van der Waals surface area contributed by atoms with E-state index in [1.807, 2.05) is 12.3 Å². The Morgan fingerprint density at radius 2 is 2.14 bits per heavy atom. The lowest BCUT2D eigenvalue weighted by Crippen LogP contribution is -1.79. The number of hydrogen-bond acceptors (Lipinski definition) is 2. The van der Waals surface area contributed by atoms with E-state index in [2.05, 4.69) is 17.1 Å². The van der Waals surface area contributed by atoms with E-state index in [1.165, 1.54) is 0 Å². The van der Waals surface area contributed by atoms with E-state index in [-0.39, 0.29) is 0 Å². The topological polar surface area (TPSA) is 63.4 Å². The summed E-state index contributed by atoms with van der Waals surface area (Å²) < 4.78 is 0. The van der Waals surface area contributed by atoms with Crippen molar-refractivity contribution in [1.29, 1.82) is 10.5 Å². The number of aromatic amines is 1. The van der Waals surface area contributed by atoms with E-state index < -0.39 is 0 Å². The van der Waals surface area contributed by atoms with Gasteiger partial charge in [-0.05, 0) is 23.8 Å². The lowest BCUT2D eigenvalue weighted by Gasteiger charge is -1.92. The highest BCUT2D eigenvalue weighted by atomic mass is 14.7. The first-order valence-electron chi connectivity index (χ1n) is 4.22. The van der Waals surface area contributed by atoms with Crippen molar-refractivity contribution in [2.45, 2.75) is 6.42 Å².